The monoisotopic (exact) mass is 282 g/mol. The van der Waals surface area contributed by atoms with Gasteiger partial charge in [0.15, 0.2) is 0 Å². The zero-order valence-corrected chi connectivity index (χ0v) is 11.9. The topological polar surface area (TPSA) is 34.1 Å². The number of aryl methyl sites for hydroxylation is 2. The van der Waals surface area contributed by atoms with Gasteiger partial charge >= 0.3 is 0 Å². The van der Waals surface area contributed by atoms with Crippen LogP contribution in [0.2, 0.25) is 0 Å². The van der Waals surface area contributed by atoms with Crippen molar-refractivity contribution in [2.45, 2.75) is 23.6 Å². The fourth-order valence-electron chi connectivity index (χ4n) is 1.70. The second-order valence-corrected chi connectivity index (χ2v) is 6.09. The van der Waals surface area contributed by atoms with Crippen LogP contribution < -0.4 is 0 Å². The molecule has 0 atom stereocenters. The van der Waals surface area contributed by atoms with Crippen LogP contribution in [0.15, 0.2) is 58.3 Å². The maximum atomic E-state index is 12.3. The van der Waals surface area contributed by atoms with Crippen LogP contribution >= 0.6 is 12.4 Å². The molecule has 2 aromatic carbocycles. The molecule has 0 unspecified atom stereocenters. The number of rotatable bonds is 2. The summed E-state index contributed by atoms with van der Waals surface area (Å²) in [6.07, 6.45) is 0. The Morgan fingerprint density at radius 2 is 1.17 bits per heavy atom. The number of benzene rings is 2. The molecular formula is C14H15ClO2S. The molecule has 0 aliphatic rings. The molecule has 0 bridgehead atoms. The minimum atomic E-state index is -3.38. The lowest BCUT2D eigenvalue weighted by Crippen LogP contribution is -2.02. The number of sulfone groups is 1. The van der Waals surface area contributed by atoms with Crippen molar-refractivity contribution in [1.82, 2.24) is 0 Å². The van der Waals surface area contributed by atoms with E-state index in [2.05, 4.69) is 0 Å². The van der Waals surface area contributed by atoms with Crippen molar-refractivity contribution in [2.75, 3.05) is 0 Å². The molecule has 2 rings (SSSR count). The molecule has 96 valence electrons. The predicted octanol–water partition coefficient (Wildman–Crippen LogP) is 3.56. The third-order valence-electron chi connectivity index (χ3n) is 2.60. The average molecular weight is 283 g/mol. The fourth-order valence-corrected chi connectivity index (χ4v) is 3.17. The molecule has 0 heterocycles. The summed E-state index contributed by atoms with van der Waals surface area (Å²) < 4.78 is 24.7. The van der Waals surface area contributed by atoms with E-state index in [0.29, 0.717) is 9.79 Å². The van der Waals surface area contributed by atoms with Gasteiger partial charge in [0.2, 0.25) is 9.84 Å². The molecule has 4 heteroatoms. The maximum absolute atomic E-state index is 12.3. The van der Waals surface area contributed by atoms with Crippen molar-refractivity contribution < 1.29 is 8.42 Å². The largest absolute Gasteiger partial charge is 0.219 e. The SMILES string of the molecule is Cc1cccc(S(=O)(=O)c2cccc(C)c2)c1.Cl. The van der Waals surface area contributed by atoms with Crippen molar-refractivity contribution in [3.63, 3.8) is 0 Å². The van der Waals surface area contributed by atoms with Crippen molar-refractivity contribution in [2.24, 2.45) is 0 Å². The van der Waals surface area contributed by atoms with Gasteiger partial charge in [-0.3, -0.25) is 0 Å². The lowest BCUT2D eigenvalue weighted by Gasteiger charge is -2.06. The van der Waals surface area contributed by atoms with Crippen molar-refractivity contribution in [3.8, 4) is 0 Å². The molecule has 0 spiro atoms. The normalized spacial score (nSPS) is 10.8. The van der Waals surface area contributed by atoms with Gasteiger partial charge in [-0.1, -0.05) is 24.3 Å². The standard InChI is InChI=1S/C14H14O2S.ClH/c1-11-5-3-7-13(9-11)17(15,16)14-8-4-6-12(2)10-14;/h3-10H,1-2H3;1H. The Hall–Kier alpha value is -1.32. The zero-order valence-electron chi connectivity index (χ0n) is 10.3. The van der Waals surface area contributed by atoms with Gasteiger partial charge in [0.05, 0.1) is 9.79 Å². The van der Waals surface area contributed by atoms with E-state index >= 15 is 0 Å². The van der Waals surface area contributed by atoms with Crippen LogP contribution in [0, 0.1) is 13.8 Å². The first-order valence-corrected chi connectivity index (χ1v) is 6.87. The maximum Gasteiger partial charge on any atom is 0.206 e. The quantitative estimate of drug-likeness (QED) is 0.844. The highest BCUT2D eigenvalue weighted by molar-refractivity contribution is 7.91. The van der Waals surface area contributed by atoms with Crippen LogP contribution in [0.4, 0.5) is 0 Å². The van der Waals surface area contributed by atoms with Crippen LogP contribution in [0.25, 0.3) is 0 Å². The molecule has 2 nitrogen and oxygen atoms in total. The number of halogens is 1. The highest BCUT2D eigenvalue weighted by Gasteiger charge is 2.17. The Morgan fingerprint density at radius 1 is 0.778 bits per heavy atom. The molecule has 0 radical (unpaired) electrons. The van der Waals surface area contributed by atoms with E-state index in [-0.39, 0.29) is 12.4 Å². The molecule has 18 heavy (non-hydrogen) atoms. The van der Waals surface area contributed by atoms with E-state index in [0.717, 1.165) is 11.1 Å². The highest BCUT2D eigenvalue weighted by atomic mass is 35.5. The third-order valence-corrected chi connectivity index (χ3v) is 4.35. The van der Waals surface area contributed by atoms with Gasteiger partial charge in [-0.05, 0) is 49.2 Å². The van der Waals surface area contributed by atoms with Crippen LogP contribution in [-0.2, 0) is 9.84 Å². The van der Waals surface area contributed by atoms with Crippen molar-refractivity contribution in [1.29, 1.82) is 0 Å². The predicted molar refractivity (Wildman–Crippen MR) is 75.1 cm³/mol. The number of hydrogen-bond acceptors (Lipinski definition) is 2. The average Bonchev–Trinajstić information content (AvgIpc) is 2.29. The molecule has 0 aromatic heterocycles. The molecular weight excluding hydrogens is 268 g/mol. The van der Waals surface area contributed by atoms with E-state index in [1.807, 2.05) is 26.0 Å². The Kier molecular flexibility index (Phi) is 4.54. The third kappa shape index (κ3) is 2.92. The van der Waals surface area contributed by atoms with Gasteiger partial charge in [0, 0.05) is 0 Å². The Bertz CT molecular complexity index is 597. The molecule has 0 N–H and O–H groups in total. The minimum Gasteiger partial charge on any atom is -0.219 e. The molecule has 0 saturated carbocycles. The van der Waals surface area contributed by atoms with Gasteiger partial charge in [0.25, 0.3) is 0 Å². The van der Waals surface area contributed by atoms with Gasteiger partial charge in [-0.15, -0.1) is 12.4 Å². The molecule has 2 aromatic rings. The van der Waals surface area contributed by atoms with Gasteiger partial charge in [0.1, 0.15) is 0 Å². The van der Waals surface area contributed by atoms with Crippen molar-refractivity contribution >= 4 is 22.2 Å². The second kappa shape index (κ2) is 5.55. The Balaban J connectivity index is 0.00000162. The molecule has 0 saturated heterocycles. The summed E-state index contributed by atoms with van der Waals surface area (Å²) in [5.41, 5.74) is 1.89. The van der Waals surface area contributed by atoms with Crippen LogP contribution in [0.1, 0.15) is 11.1 Å². The first-order chi connectivity index (χ1) is 8.00. The first kappa shape index (κ1) is 14.7. The van der Waals surface area contributed by atoms with Crippen molar-refractivity contribution in [3.05, 3.63) is 59.7 Å². The van der Waals surface area contributed by atoms with E-state index in [1.165, 1.54) is 0 Å². The lowest BCUT2D eigenvalue weighted by molar-refractivity contribution is 0.596. The highest BCUT2D eigenvalue weighted by Crippen LogP contribution is 2.21. The van der Waals surface area contributed by atoms with E-state index in [1.54, 1.807) is 36.4 Å². The van der Waals surface area contributed by atoms with Crippen LogP contribution in [-0.4, -0.2) is 8.42 Å². The minimum absolute atomic E-state index is 0. The Labute approximate surface area is 114 Å². The fraction of sp³-hybridized carbons (Fsp3) is 0.143. The molecule has 0 aliphatic carbocycles. The molecule has 0 fully saturated rings. The molecule has 0 aliphatic heterocycles. The number of hydrogen-bond donors (Lipinski definition) is 0. The molecule has 0 amide bonds. The van der Waals surface area contributed by atoms with Gasteiger partial charge in [-0.25, -0.2) is 8.42 Å². The summed E-state index contributed by atoms with van der Waals surface area (Å²) in [6.45, 7) is 3.77. The summed E-state index contributed by atoms with van der Waals surface area (Å²) >= 11 is 0. The van der Waals surface area contributed by atoms with E-state index in [4.69, 9.17) is 0 Å². The first-order valence-electron chi connectivity index (χ1n) is 5.38. The summed E-state index contributed by atoms with van der Waals surface area (Å²) in [7, 11) is -3.38. The second-order valence-electron chi connectivity index (χ2n) is 4.14. The van der Waals surface area contributed by atoms with E-state index < -0.39 is 9.84 Å². The summed E-state index contributed by atoms with van der Waals surface area (Å²) in [5.74, 6) is 0. The van der Waals surface area contributed by atoms with Gasteiger partial charge < -0.3 is 0 Å². The van der Waals surface area contributed by atoms with E-state index in [9.17, 15) is 8.42 Å². The summed E-state index contributed by atoms with van der Waals surface area (Å²) in [4.78, 5) is 0.700. The van der Waals surface area contributed by atoms with Gasteiger partial charge in [-0.2, -0.15) is 0 Å². The van der Waals surface area contributed by atoms with Crippen LogP contribution in [0.3, 0.4) is 0 Å². The smallest absolute Gasteiger partial charge is 0.206 e. The van der Waals surface area contributed by atoms with Crippen LogP contribution in [0.5, 0.6) is 0 Å². The zero-order chi connectivity index (χ0) is 12.5. The lowest BCUT2D eigenvalue weighted by atomic mass is 10.2. The summed E-state index contributed by atoms with van der Waals surface area (Å²) in [5, 5.41) is 0. The summed E-state index contributed by atoms with van der Waals surface area (Å²) in [6, 6.07) is 13.9. The Morgan fingerprint density at radius 3 is 1.50 bits per heavy atom.